The molecule has 0 saturated carbocycles. The number of carbonyl (C=O) groups is 1. The number of pyridine rings is 1. The van der Waals surface area contributed by atoms with Crippen molar-refractivity contribution in [1.82, 2.24) is 4.98 Å². The number of aromatic carboxylic acids is 1. The predicted molar refractivity (Wildman–Crippen MR) is 72.9 cm³/mol. The maximum atomic E-state index is 10.9. The van der Waals surface area contributed by atoms with Crippen molar-refractivity contribution in [3.63, 3.8) is 0 Å². The second kappa shape index (κ2) is 5.56. The molecule has 7 heteroatoms. The highest BCUT2D eigenvalue weighted by Gasteiger charge is 2.13. The molecule has 2 aromatic rings. The van der Waals surface area contributed by atoms with Crippen LogP contribution in [-0.4, -0.2) is 16.1 Å². The lowest BCUT2D eigenvalue weighted by atomic mass is 10.2. The molecule has 0 aromatic carbocycles. The first-order valence-corrected chi connectivity index (χ1v) is 6.51. The zero-order chi connectivity index (χ0) is 13.1. The van der Waals surface area contributed by atoms with Crippen molar-refractivity contribution in [3.05, 3.63) is 44.2 Å². The lowest BCUT2D eigenvalue weighted by molar-refractivity contribution is 0.0697. The monoisotopic (exact) mass is 302 g/mol. The first kappa shape index (κ1) is 13.1. The van der Waals surface area contributed by atoms with E-state index in [0.29, 0.717) is 16.7 Å². The highest BCUT2D eigenvalue weighted by molar-refractivity contribution is 7.16. The number of nitrogens with zero attached hydrogens (tertiary/aromatic N) is 1. The number of thiophene rings is 1. The minimum Gasteiger partial charge on any atom is -0.478 e. The van der Waals surface area contributed by atoms with Crippen molar-refractivity contribution < 1.29 is 9.90 Å². The molecule has 0 bridgehead atoms. The van der Waals surface area contributed by atoms with Crippen molar-refractivity contribution in [2.45, 2.75) is 6.54 Å². The SMILES string of the molecule is O=C(O)c1ccnc(NCc2ccc(Cl)s2)c1Cl. The van der Waals surface area contributed by atoms with Crippen LogP contribution >= 0.6 is 34.5 Å². The van der Waals surface area contributed by atoms with Gasteiger partial charge in [-0.3, -0.25) is 0 Å². The van der Waals surface area contributed by atoms with Gasteiger partial charge in [0.2, 0.25) is 0 Å². The summed E-state index contributed by atoms with van der Waals surface area (Å²) >= 11 is 13.2. The van der Waals surface area contributed by atoms with Crippen LogP contribution in [0.3, 0.4) is 0 Å². The molecule has 0 fully saturated rings. The van der Waals surface area contributed by atoms with Crippen LogP contribution in [0.15, 0.2) is 24.4 Å². The van der Waals surface area contributed by atoms with E-state index >= 15 is 0 Å². The molecular weight excluding hydrogens is 295 g/mol. The summed E-state index contributed by atoms with van der Waals surface area (Å²) in [5, 5.41) is 12.0. The topological polar surface area (TPSA) is 62.2 Å². The number of anilines is 1. The molecule has 0 radical (unpaired) electrons. The van der Waals surface area contributed by atoms with Gasteiger partial charge in [-0.2, -0.15) is 0 Å². The molecule has 0 unspecified atom stereocenters. The van der Waals surface area contributed by atoms with Crippen LogP contribution in [0.4, 0.5) is 5.82 Å². The summed E-state index contributed by atoms with van der Waals surface area (Å²) in [5.74, 6) is -0.731. The summed E-state index contributed by atoms with van der Waals surface area (Å²) in [4.78, 5) is 15.9. The Balaban J connectivity index is 2.14. The van der Waals surface area contributed by atoms with Gasteiger partial charge < -0.3 is 10.4 Å². The van der Waals surface area contributed by atoms with Gasteiger partial charge in [-0.25, -0.2) is 9.78 Å². The van der Waals surface area contributed by atoms with Gasteiger partial charge in [-0.05, 0) is 18.2 Å². The molecule has 0 aliphatic carbocycles. The fraction of sp³-hybridized carbons (Fsp3) is 0.0909. The van der Waals surface area contributed by atoms with Crippen LogP contribution in [0.1, 0.15) is 15.2 Å². The fourth-order valence-electron chi connectivity index (χ4n) is 1.35. The van der Waals surface area contributed by atoms with Crippen molar-refractivity contribution in [2.24, 2.45) is 0 Å². The van der Waals surface area contributed by atoms with Crippen molar-refractivity contribution >= 4 is 46.3 Å². The van der Waals surface area contributed by atoms with Crippen LogP contribution < -0.4 is 5.32 Å². The first-order chi connectivity index (χ1) is 8.58. The summed E-state index contributed by atoms with van der Waals surface area (Å²) in [7, 11) is 0. The second-order valence-corrected chi connectivity index (χ2v) is 5.56. The molecule has 0 atom stereocenters. The smallest absolute Gasteiger partial charge is 0.337 e. The second-order valence-electron chi connectivity index (χ2n) is 3.39. The summed E-state index contributed by atoms with van der Waals surface area (Å²) in [6, 6.07) is 5.04. The van der Waals surface area contributed by atoms with E-state index in [2.05, 4.69) is 10.3 Å². The largest absolute Gasteiger partial charge is 0.478 e. The Labute approximate surface area is 117 Å². The molecule has 0 spiro atoms. The number of carboxylic acids is 1. The number of hydrogen-bond acceptors (Lipinski definition) is 4. The van der Waals surface area contributed by atoms with Gasteiger partial charge in [0.15, 0.2) is 0 Å². The molecule has 0 amide bonds. The summed E-state index contributed by atoms with van der Waals surface area (Å²) in [6.07, 6.45) is 1.40. The highest BCUT2D eigenvalue weighted by Crippen LogP contribution is 2.26. The Morgan fingerprint density at radius 2 is 2.17 bits per heavy atom. The molecule has 2 N–H and O–H groups in total. The Hall–Kier alpha value is -1.30. The highest BCUT2D eigenvalue weighted by atomic mass is 35.5. The average molecular weight is 303 g/mol. The van der Waals surface area contributed by atoms with Gasteiger partial charge >= 0.3 is 5.97 Å². The Bertz CT molecular complexity index is 586. The summed E-state index contributed by atoms with van der Waals surface area (Å²) in [5.41, 5.74) is 0.0263. The van der Waals surface area contributed by atoms with E-state index in [-0.39, 0.29) is 10.6 Å². The number of carboxylic acid groups (broad SMARTS) is 1. The quantitative estimate of drug-likeness (QED) is 0.902. The van der Waals surface area contributed by atoms with E-state index in [1.54, 1.807) is 6.07 Å². The number of aromatic nitrogens is 1. The van der Waals surface area contributed by atoms with Gasteiger partial charge in [-0.15, -0.1) is 11.3 Å². The minimum absolute atomic E-state index is 0.0263. The minimum atomic E-state index is -1.08. The van der Waals surface area contributed by atoms with Crippen molar-refractivity contribution in [2.75, 3.05) is 5.32 Å². The maximum absolute atomic E-state index is 10.9. The molecule has 2 heterocycles. The standard InChI is InChI=1S/C11H8Cl2N2O2S/c12-8-2-1-6(18-8)5-15-10-9(13)7(11(16)17)3-4-14-10/h1-4H,5H2,(H,14,15)(H,16,17). The van der Waals surface area contributed by atoms with Crippen LogP contribution in [0.5, 0.6) is 0 Å². The normalized spacial score (nSPS) is 10.3. The Morgan fingerprint density at radius 1 is 1.39 bits per heavy atom. The third kappa shape index (κ3) is 2.93. The number of halogens is 2. The maximum Gasteiger partial charge on any atom is 0.337 e. The first-order valence-electron chi connectivity index (χ1n) is 4.94. The third-order valence-electron chi connectivity index (χ3n) is 2.18. The number of nitrogens with one attached hydrogen (secondary N) is 1. The van der Waals surface area contributed by atoms with Gasteiger partial charge in [0.1, 0.15) is 5.82 Å². The van der Waals surface area contributed by atoms with E-state index in [1.165, 1.54) is 23.6 Å². The molecule has 94 valence electrons. The zero-order valence-electron chi connectivity index (χ0n) is 8.98. The van der Waals surface area contributed by atoms with Crippen LogP contribution in [0.25, 0.3) is 0 Å². The van der Waals surface area contributed by atoms with E-state index in [0.717, 1.165) is 4.88 Å². The van der Waals surface area contributed by atoms with Gasteiger partial charge in [-0.1, -0.05) is 23.2 Å². The van der Waals surface area contributed by atoms with Crippen LogP contribution in [-0.2, 0) is 6.54 Å². The van der Waals surface area contributed by atoms with E-state index in [9.17, 15) is 4.79 Å². The van der Waals surface area contributed by atoms with E-state index in [4.69, 9.17) is 28.3 Å². The lowest BCUT2D eigenvalue weighted by Crippen LogP contribution is -2.04. The average Bonchev–Trinajstić information content (AvgIpc) is 2.73. The molecule has 0 aliphatic rings. The van der Waals surface area contributed by atoms with Crippen LogP contribution in [0.2, 0.25) is 9.36 Å². The van der Waals surface area contributed by atoms with Crippen molar-refractivity contribution in [1.29, 1.82) is 0 Å². The molecule has 0 aliphatic heterocycles. The van der Waals surface area contributed by atoms with Gasteiger partial charge in [0.25, 0.3) is 0 Å². The summed E-state index contributed by atoms with van der Waals surface area (Å²) in [6.45, 7) is 0.493. The number of hydrogen-bond donors (Lipinski definition) is 2. The van der Waals surface area contributed by atoms with E-state index in [1.807, 2.05) is 6.07 Å². The molecule has 0 saturated heterocycles. The van der Waals surface area contributed by atoms with E-state index < -0.39 is 5.97 Å². The Kier molecular flexibility index (Phi) is 4.06. The predicted octanol–water partition coefficient (Wildman–Crippen LogP) is 3.76. The molecule has 2 rings (SSSR count). The molecule has 18 heavy (non-hydrogen) atoms. The summed E-state index contributed by atoms with van der Waals surface area (Å²) < 4.78 is 0.699. The molecular formula is C11H8Cl2N2O2S. The van der Waals surface area contributed by atoms with Crippen molar-refractivity contribution in [3.8, 4) is 0 Å². The van der Waals surface area contributed by atoms with Gasteiger partial charge in [0, 0.05) is 11.1 Å². The third-order valence-corrected chi connectivity index (χ3v) is 3.79. The zero-order valence-corrected chi connectivity index (χ0v) is 11.3. The fourth-order valence-corrected chi connectivity index (χ4v) is 2.64. The van der Waals surface area contributed by atoms with Gasteiger partial charge in [0.05, 0.1) is 21.5 Å². The number of rotatable bonds is 4. The van der Waals surface area contributed by atoms with Crippen LogP contribution in [0, 0.1) is 0 Å². The Morgan fingerprint density at radius 3 is 2.78 bits per heavy atom. The molecule has 4 nitrogen and oxygen atoms in total. The lowest BCUT2D eigenvalue weighted by Gasteiger charge is -2.07. The molecule has 2 aromatic heterocycles.